The second-order valence-electron chi connectivity index (χ2n) is 5.28. The summed E-state index contributed by atoms with van der Waals surface area (Å²) in [4.78, 5) is 18.7. The lowest BCUT2D eigenvalue weighted by Gasteiger charge is -2.27. The molecule has 3 heterocycles. The molecule has 5 heteroatoms. The van der Waals surface area contributed by atoms with Crippen molar-refractivity contribution in [2.75, 3.05) is 6.54 Å². The number of furan rings is 1. The quantitative estimate of drug-likeness (QED) is 0.683. The Morgan fingerprint density at radius 2 is 2.09 bits per heavy atom. The van der Waals surface area contributed by atoms with Crippen molar-refractivity contribution in [3.63, 3.8) is 0 Å². The molecule has 0 saturated carbocycles. The minimum atomic E-state index is -0.0188. The largest absolute Gasteiger partial charge is 0.465 e. The van der Waals surface area contributed by atoms with Gasteiger partial charge < -0.3 is 13.9 Å². The fourth-order valence-electron chi connectivity index (χ4n) is 2.80. The Morgan fingerprint density at radius 3 is 2.95 bits per heavy atom. The van der Waals surface area contributed by atoms with Crippen LogP contribution in [0.1, 0.15) is 11.6 Å². The predicted octanol–water partition coefficient (Wildman–Crippen LogP) is 2.68. The first kappa shape index (κ1) is 12.9. The molecule has 110 valence electrons. The van der Waals surface area contributed by atoms with E-state index in [9.17, 15) is 4.79 Å². The molecule has 5 nitrogen and oxygen atoms in total. The van der Waals surface area contributed by atoms with E-state index in [2.05, 4.69) is 15.6 Å². The van der Waals surface area contributed by atoms with Crippen molar-refractivity contribution in [3.8, 4) is 0 Å². The highest BCUT2D eigenvalue weighted by atomic mass is 16.3. The van der Waals surface area contributed by atoms with Crippen molar-refractivity contribution >= 4 is 23.0 Å². The van der Waals surface area contributed by atoms with E-state index in [1.165, 1.54) is 0 Å². The number of carbonyl (C=O) groups is 1. The SMILES string of the molecule is O=C(/C=C/c1ccco1)N1CCn2c(nc3ccccc32)C1. The monoisotopic (exact) mass is 293 g/mol. The van der Waals surface area contributed by atoms with Crippen LogP contribution in [0.15, 0.2) is 53.2 Å². The molecule has 4 rings (SSSR count). The highest BCUT2D eigenvalue weighted by Crippen LogP contribution is 2.20. The summed E-state index contributed by atoms with van der Waals surface area (Å²) in [6.45, 7) is 2.00. The van der Waals surface area contributed by atoms with Gasteiger partial charge in [-0.2, -0.15) is 0 Å². The zero-order valence-electron chi connectivity index (χ0n) is 12.0. The average Bonchev–Trinajstić information content (AvgIpc) is 3.19. The summed E-state index contributed by atoms with van der Waals surface area (Å²) in [5.41, 5.74) is 2.12. The molecule has 0 saturated heterocycles. The normalized spacial score (nSPS) is 14.6. The van der Waals surface area contributed by atoms with E-state index in [1.54, 1.807) is 29.4 Å². The van der Waals surface area contributed by atoms with Gasteiger partial charge in [-0.1, -0.05) is 12.1 Å². The smallest absolute Gasteiger partial charge is 0.247 e. The van der Waals surface area contributed by atoms with E-state index >= 15 is 0 Å². The molecular formula is C17H15N3O2. The zero-order chi connectivity index (χ0) is 14.9. The third kappa shape index (κ3) is 2.20. The number of benzene rings is 1. The summed E-state index contributed by atoms with van der Waals surface area (Å²) >= 11 is 0. The van der Waals surface area contributed by atoms with Gasteiger partial charge in [0.05, 0.1) is 23.8 Å². The van der Waals surface area contributed by atoms with Crippen LogP contribution in [0.4, 0.5) is 0 Å². The lowest BCUT2D eigenvalue weighted by Crippen LogP contribution is -2.37. The van der Waals surface area contributed by atoms with Crippen LogP contribution in [0, 0.1) is 0 Å². The first-order valence-electron chi connectivity index (χ1n) is 7.26. The first-order valence-corrected chi connectivity index (χ1v) is 7.26. The van der Waals surface area contributed by atoms with Gasteiger partial charge in [0.1, 0.15) is 11.6 Å². The Labute approximate surface area is 127 Å². The van der Waals surface area contributed by atoms with Crippen LogP contribution in [0.3, 0.4) is 0 Å². The molecule has 1 amide bonds. The first-order chi connectivity index (χ1) is 10.8. The number of hydrogen-bond donors (Lipinski definition) is 0. The molecule has 0 fully saturated rings. The molecular weight excluding hydrogens is 278 g/mol. The number of rotatable bonds is 2. The maximum absolute atomic E-state index is 12.3. The molecule has 0 N–H and O–H groups in total. The Hall–Kier alpha value is -2.82. The molecule has 1 aliphatic rings. The van der Waals surface area contributed by atoms with Gasteiger partial charge in [-0.25, -0.2) is 4.98 Å². The minimum absolute atomic E-state index is 0.0188. The number of nitrogens with zero attached hydrogens (tertiary/aromatic N) is 3. The van der Waals surface area contributed by atoms with Crippen LogP contribution in [-0.2, 0) is 17.9 Å². The van der Waals surface area contributed by atoms with Gasteiger partial charge in [-0.15, -0.1) is 0 Å². The summed E-state index contributed by atoms with van der Waals surface area (Å²) in [5, 5.41) is 0. The van der Waals surface area contributed by atoms with Gasteiger partial charge in [-0.3, -0.25) is 4.79 Å². The second-order valence-corrected chi connectivity index (χ2v) is 5.28. The van der Waals surface area contributed by atoms with Crippen molar-refractivity contribution in [1.29, 1.82) is 0 Å². The topological polar surface area (TPSA) is 51.3 Å². The summed E-state index contributed by atoms with van der Waals surface area (Å²) < 4.78 is 7.38. The molecule has 3 aromatic rings. The summed E-state index contributed by atoms with van der Waals surface area (Å²) in [5.74, 6) is 1.60. The highest BCUT2D eigenvalue weighted by Gasteiger charge is 2.22. The van der Waals surface area contributed by atoms with E-state index in [0.29, 0.717) is 18.8 Å². The molecule has 1 aromatic carbocycles. The average molecular weight is 293 g/mol. The zero-order valence-corrected chi connectivity index (χ0v) is 12.0. The lowest BCUT2D eigenvalue weighted by molar-refractivity contribution is -0.127. The van der Waals surface area contributed by atoms with Crippen molar-refractivity contribution in [2.24, 2.45) is 0 Å². The van der Waals surface area contributed by atoms with Crippen LogP contribution in [0.2, 0.25) is 0 Å². The van der Waals surface area contributed by atoms with Crippen LogP contribution >= 0.6 is 0 Å². The van der Waals surface area contributed by atoms with Gasteiger partial charge in [0.15, 0.2) is 0 Å². The molecule has 0 bridgehead atoms. The van der Waals surface area contributed by atoms with Gasteiger partial charge in [-0.05, 0) is 30.3 Å². The Balaban J connectivity index is 1.55. The molecule has 0 radical (unpaired) electrons. The second kappa shape index (κ2) is 5.18. The van der Waals surface area contributed by atoms with E-state index in [1.807, 2.05) is 24.3 Å². The van der Waals surface area contributed by atoms with Crippen LogP contribution in [-0.4, -0.2) is 26.9 Å². The van der Waals surface area contributed by atoms with Crippen LogP contribution in [0.25, 0.3) is 17.1 Å². The number of carbonyl (C=O) groups excluding carboxylic acids is 1. The number of amides is 1. The van der Waals surface area contributed by atoms with Crippen LogP contribution < -0.4 is 0 Å². The Bertz CT molecular complexity index is 846. The predicted molar refractivity (Wildman–Crippen MR) is 82.9 cm³/mol. The summed E-state index contributed by atoms with van der Waals surface area (Å²) in [6, 6.07) is 11.7. The number of fused-ring (bicyclic) bond motifs is 3. The van der Waals surface area contributed by atoms with Gasteiger partial charge in [0.25, 0.3) is 0 Å². The molecule has 2 aromatic heterocycles. The van der Waals surface area contributed by atoms with E-state index in [-0.39, 0.29) is 5.91 Å². The molecule has 0 spiro atoms. The van der Waals surface area contributed by atoms with Crippen molar-refractivity contribution in [1.82, 2.24) is 14.5 Å². The lowest BCUT2D eigenvalue weighted by atomic mass is 10.3. The minimum Gasteiger partial charge on any atom is -0.465 e. The van der Waals surface area contributed by atoms with Crippen molar-refractivity contribution < 1.29 is 9.21 Å². The van der Waals surface area contributed by atoms with Crippen LogP contribution in [0.5, 0.6) is 0 Å². The van der Waals surface area contributed by atoms with E-state index < -0.39 is 0 Å². The molecule has 0 unspecified atom stereocenters. The summed E-state index contributed by atoms with van der Waals surface area (Å²) in [6.07, 6.45) is 4.84. The summed E-state index contributed by atoms with van der Waals surface area (Å²) in [7, 11) is 0. The molecule has 1 aliphatic heterocycles. The van der Waals surface area contributed by atoms with Crippen molar-refractivity contribution in [3.05, 3.63) is 60.3 Å². The van der Waals surface area contributed by atoms with Crippen molar-refractivity contribution in [2.45, 2.75) is 13.1 Å². The third-order valence-corrected chi connectivity index (χ3v) is 3.90. The Morgan fingerprint density at radius 1 is 1.18 bits per heavy atom. The number of aromatic nitrogens is 2. The Kier molecular flexibility index (Phi) is 3.04. The number of hydrogen-bond acceptors (Lipinski definition) is 3. The molecule has 22 heavy (non-hydrogen) atoms. The highest BCUT2D eigenvalue weighted by molar-refractivity contribution is 5.91. The standard InChI is InChI=1S/C17H15N3O2/c21-17(8-7-13-4-3-11-22-13)19-9-10-20-15-6-2-1-5-14(15)18-16(20)12-19/h1-8,11H,9-10,12H2/b8-7+. The van der Waals surface area contributed by atoms with Gasteiger partial charge >= 0.3 is 0 Å². The fraction of sp³-hybridized carbons (Fsp3) is 0.176. The fourth-order valence-corrected chi connectivity index (χ4v) is 2.80. The van der Waals surface area contributed by atoms with E-state index in [4.69, 9.17) is 4.42 Å². The van der Waals surface area contributed by atoms with E-state index in [0.717, 1.165) is 23.4 Å². The van der Waals surface area contributed by atoms with Gasteiger partial charge in [0.2, 0.25) is 5.91 Å². The molecule has 0 aliphatic carbocycles. The van der Waals surface area contributed by atoms with Gasteiger partial charge in [0, 0.05) is 19.2 Å². The number of imidazole rings is 1. The number of para-hydroxylation sites is 2. The molecule has 0 atom stereocenters. The third-order valence-electron chi connectivity index (χ3n) is 3.90. The maximum atomic E-state index is 12.3. The maximum Gasteiger partial charge on any atom is 0.247 e.